The average Bonchev–Trinajstić information content (AvgIpc) is 3.08. The first-order valence-electron chi connectivity index (χ1n) is 7.69. The van der Waals surface area contributed by atoms with Crippen LogP contribution in [0.2, 0.25) is 0 Å². The third-order valence-electron chi connectivity index (χ3n) is 4.05. The van der Waals surface area contributed by atoms with Crippen LogP contribution < -0.4 is 5.56 Å². The number of aromatic amines is 1. The van der Waals surface area contributed by atoms with E-state index in [0.29, 0.717) is 17.5 Å². The van der Waals surface area contributed by atoms with Crippen LogP contribution in [0.5, 0.6) is 0 Å². The molecule has 2 aromatic heterocycles. The Morgan fingerprint density at radius 2 is 1.88 bits per heavy atom. The molecule has 0 bridgehead atoms. The molecule has 0 aliphatic rings. The monoisotopic (exact) mass is 337 g/mol. The van der Waals surface area contributed by atoms with E-state index in [1.807, 2.05) is 36.5 Å². The van der Waals surface area contributed by atoms with Crippen LogP contribution in [0.1, 0.15) is 5.56 Å². The fourth-order valence-electron chi connectivity index (χ4n) is 2.87. The lowest BCUT2D eigenvalue weighted by Gasteiger charge is -2.08. The number of halogens is 2. The molecular formula is C19H13F2N3O. The number of H-pyrrole nitrogens is 1. The normalized spacial score (nSPS) is 11.1. The molecule has 4 rings (SSSR count). The van der Waals surface area contributed by atoms with Crippen LogP contribution in [0, 0.1) is 11.6 Å². The van der Waals surface area contributed by atoms with E-state index in [1.165, 1.54) is 12.1 Å². The predicted octanol–water partition coefficient (Wildman–Crippen LogP) is 3.72. The minimum absolute atomic E-state index is 0.120. The van der Waals surface area contributed by atoms with Gasteiger partial charge in [0.05, 0.1) is 17.5 Å². The van der Waals surface area contributed by atoms with Gasteiger partial charge in [0.2, 0.25) is 5.56 Å². The lowest BCUT2D eigenvalue weighted by atomic mass is 10.1. The molecule has 0 aliphatic heterocycles. The van der Waals surface area contributed by atoms with Crippen molar-refractivity contribution in [1.82, 2.24) is 14.5 Å². The van der Waals surface area contributed by atoms with Gasteiger partial charge in [-0.1, -0.05) is 30.3 Å². The fourth-order valence-corrected chi connectivity index (χ4v) is 2.87. The Balaban J connectivity index is 1.76. The third kappa shape index (κ3) is 2.82. The second-order valence-corrected chi connectivity index (χ2v) is 5.74. The van der Waals surface area contributed by atoms with Crippen molar-refractivity contribution < 1.29 is 8.78 Å². The Morgan fingerprint density at radius 3 is 2.68 bits per heavy atom. The molecule has 2 heterocycles. The lowest BCUT2D eigenvalue weighted by Crippen LogP contribution is -2.10. The summed E-state index contributed by atoms with van der Waals surface area (Å²) in [5.74, 6) is -2.04. The number of nitrogens with one attached hydrogen (secondary N) is 1. The van der Waals surface area contributed by atoms with E-state index in [1.54, 1.807) is 10.9 Å². The number of fused-ring (bicyclic) bond motifs is 1. The zero-order valence-electron chi connectivity index (χ0n) is 13.0. The van der Waals surface area contributed by atoms with Gasteiger partial charge < -0.3 is 9.55 Å². The first kappa shape index (κ1) is 15.3. The highest BCUT2D eigenvalue weighted by Crippen LogP contribution is 2.22. The van der Waals surface area contributed by atoms with E-state index in [-0.39, 0.29) is 5.52 Å². The van der Waals surface area contributed by atoms with Crippen molar-refractivity contribution in [2.45, 2.75) is 6.54 Å². The Kier molecular flexibility index (Phi) is 3.65. The first-order valence-corrected chi connectivity index (χ1v) is 7.69. The molecule has 0 amide bonds. The molecule has 0 spiro atoms. The van der Waals surface area contributed by atoms with Crippen molar-refractivity contribution >= 4 is 10.9 Å². The molecule has 2 aromatic carbocycles. The maximum atomic E-state index is 14.0. The van der Waals surface area contributed by atoms with E-state index >= 15 is 0 Å². The SMILES string of the molecule is O=c1cc(Cn2cnc(-c3ccccc3)c2)c2ccc(F)c(F)c2[nH]1. The zero-order chi connectivity index (χ0) is 17.4. The van der Waals surface area contributed by atoms with E-state index in [2.05, 4.69) is 9.97 Å². The molecule has 0 aliphatic carbocycles. The van der Waals surface area contributed by atoms with Gasteiger partial charge in [0.1, 0.15) is 0 Å². The summed E-state index contributed by atoms with van der Waals surface area (Å²) in [7, 11) is 0. The van der Waals surface area contributed by atoms with E-state index in [4.69, 9.17) is 0 Å². The number of hydrogen-bond donors (Lipinski definition) is 1. The minimum atomic E-state index is -1.05. The summed E-state index contributed by atoms with van der Waals surface area (Å²) < 4.78 is 29.2. The molecule has 0 unspecified atom stereocenters. The lowest BCUT2D eigenvalue weighted by molar-refractivity contribution is 0.515. The van der Waals surface area contributed by atoms with Gasteiger partial charge in [-0.25, -0.2) is 13.8 Å². The summed E-state index contributed by atoms with van der Waals surface area (Å²) in [6, 6.07) is 13.6. The van der Waals surface area contributed by atoms with Crippen LogP contribution in [0.3, 0.4) is 0 Å². The molecule has 25 heavy (non-hydrogen) atoms. The summed E-state index contributed by atoms with van der Waals surface area (Å²) in [6.07, 6.45) is 3.50. The Labute approximate surface area is 141 Å². The van der Waals surface area contributed by atoms with E-state index in [9.17, 15) is 13.6 Å². The highest BCUT2D eigenvalue weighted by Gasteiger charge is 2.12. The Morgan fingerprint density at radius 1 is 1.08 bits per heavy atom. The van der Waals surface area contributed by atoms with Gasteiger partial charge in [-0.2, -0.15) is 0 Å². The number of nitrogens with zero attached hydrogens (tertiary/aromatic N) is 2. The molecule has 4 aromatic rings. The van der Waals surface area contributed by atoms with Gasteiger partial charge in [-0.15, -0.1) is 0 Å². The maximum Gasteiger partial charge on any atom is 0.248 e. The molecule has 124 valence electrons. The van der Waals surface area contributed by atoms with Gasteiger partial charge in [-0.3, -0.25) is 4.79 Å². The Hall–Kier alpha value is -3.28. The Bertz CT molecular complexity index is 1120. The highest BCUT2D eigenvalue weighted by atomic mass is 19.2. The van der Waals surface area contributed by atoms with Gasteiger partial charge >= 0.3 is 0 Å². The van der Waals surface area contributed by atoms with Crippen molar-refractivity contribution in [2.24, 2.45) is 0 Å². The van der Waals surface area contributed by atoms with Crippen molar-refractivity contribution in [2.75, 3.05) is 0 Å². The quantitative estimate of drug-likeness (QED) is 0.619. The van der Waals surface area contributed by atoms with E-state index < -0.39 is 17.2 Å². The van der Waals surface area contributed by atoms with Crippen LogP contribution >= 0.6 is 0 Å². The van der Waals surface area contributed by atoms with Gasteiger partial charge in [0.15, 0.2) is 11.6 Å². The van der Waals surface area contributed by atoms with Crippen LogP contribution in [0.15, 0.2) is 65.8 Å². The number of aromatic nitrogens is 3. The third-order valence-corrected chi connectivity index (χ3v) is 4.05. The standard InChI is InChI=1S/C19H13F2N3O/c20-15-7-6-14-13(8-17(25)23-19(14)18(15)21)9-24-10-16(22-11-24)12-4-2-1-3-5-12/h1-8,10-11H,9H2,(H,23,25). The molecule has 0 fully saturated rings. The summed E-state index contributed by atoms with van der Waals surface area (Å²) in [6.45, 7) is 0.325. The second-order valence-electron chi connectivity index (χ2n) is 5.74. The van der Waals surface area contributed by atoms with Crippen molar-refractivity contribution in [3.05, 3.63) is 88.6 Å². The molecular weight excluding hydrogens is 324 g/mol. The van der Waals surface area contributed by atoms with Crippen molar-refractivity contribution in [1.29, 1.82) is 0 Å². The molecule has 0 saturated heterocycles. The van der Waals surface area contributed by atoms with Crippen LogP contribution in [-0.4, -0.2) is 14.5 Å². The summed E-state index contributed by atoms with van der Waals surface area (Å²) in [5, 5.41) is 0.466. The molecule has 6 heteroatoms. The molecule has 1 N–H and O–H groups in total. The first-order chi connectivity index (χ1) is 12.1. The van der Waals surface area contributed by atoms with Gasteiger partial charge in [-0.05, 0) is 17.7 Å². The molecule has 0 radical (unpaired) electrons. The predicted molar refractivity (Wildman–Crippen MR) is 91.2 cm³/mol. The smallest absolute Gasteiger partial charge is 0.248 e. The van der Waals surface area contributed by atoms with Crippen LogP contribution in [0.4, 0.5) is 8.78 Å². The number of benzene rings is 2. The largest absolute Gasteiger partial charge is 0.332 e. The van der Waals surface area contributed by atoms with E-state index in [0.717, 1.165) is 17.3 Å². The molecule has 0 saturated carbocycles. The van der Waals surface area contributed by atoms with Gasteiger partial charge in [0.25, 0.3) is 0 Å². The number of hydrogen-bond acceptors (Lipinski definition) is 2. The van der Waals surface area contributed by atoms with Crippen LogP contribution in [0.25, 0.3) is 22.2 Å². The average molecular weight is 337 g/mol. The molecule has 0 atom stereocenters. The summed E-state index contributed by atoms with van der Waals surface area (Å²) in [4.78, 5) is 18.5. The molecule has 4 nitrogen and oxygen atoms in total. The number of rotatable bonds is 3. The summed E-state index contributed by atoms with van der Waals surface area (Å²) in [5.41, 5.74) is 1.77. The number of pyridine rings is 1. The van der Waals surface area contributed by atoms with Crippen molar-refractivity contribution in [3.63, 3.8) is 0 Å². The zero-order valence-corrected chi connectivity index (χ0v) is 13.0. The maximum absolute atomic E-state index is 14.0. The fraction of sp³-hybridized carbons (Fsp3) is 0.0526. The second kappa shape index (κ2) is 5.98. The highest BCUT2D eigenvalue weighted by molar-refractivity contribution is 5.82. The van der Waals surface area contributed by atoms with Gasteiger partial charge in [0, 0.05) is 29.8 Å². The van der Waals surface area contributed by atoms with Crippen LogP contribution in [-0.2, 0) is 6.54 Å². The number of imidazole rings is 1. The van der Waals surface area contributed by atoms with Crippen molar-refractivity contribution in [3.8, 4) is 11.3 Å². The summed E-state index contributed by atoms with van der Waals surface area (Å²) >= 11 is 0. The minimum Gasteiger partial charge on any atom is -0.332 e. The topological polar surface area (TPSA) is 50.7 Å².